The van der Waals surface area contributed by atoms with Crippen LogP contribution in [0.4, 0.5) is 0 Å². The van der Waals surface area contributed by atoms with Gasteiger partial charge in [0.25, 0.3) is 0 Å². The molecule has 0 amide bonds. The molecule has 0 spiro atoms. The SMILES string of the molecule is CC(=O)c1nc(-c2cccnc2)sc1C. The van der Waals surface area contributed by atoms with Gasteiger partial charge in [0.05, 0.1) is 0 Å². The quantitative estimate of drug-likeness (QED) is 0.728. The van der Waals surface area contributed by atoms with E-state index < -0.39 is 0 Å². The molecule has 0 aliphatic rings. The molecule has 2 aromatic rings. The van der Waals surface area contributed by atoms with Gasteiger partial charge in [0, 0.05) is 29.8 Å². The van der Waals surface area contributed by atoms with Crippen LogP contribution in [0.5, 0.6) is 0 Å². The smallest absolute Gasteiger partial charge is 0.179 e. The average Bonchev–Trinajstić information content (AvgIpc) is 2.62. The first-order valence-electron chi connectivity index (χ1n) is 4.57. The molecule has 0 bridgehead atoms. The van der Waals surface area contributed by atoms with Gasteiger partial charge in [-0.2, -0.15) is 0 Å². The van der Waals surface area contributed by atoms with Crippen LogP contribution in [0.1, 0.15) is 22.3 Å². The van der Waals surface area contributed by atoms with E-state index in [9.17, 15) is 4.79 Å². The van der Waals surface area contributed by atoms with Gasteiger partial charge in [0.15, 0.2) is 5.78 Å². The van der Waals surface area contributed by atoms with Crippen molar-refractivity contribution in [3.63, 3.8) is 0 Å². The predicted octanol–water partition coefficient (Wildman–Crippen LogP) is 2.72. The van der Waals surface area contributed by atoms with Crippen molar-refractivity contribution in [3.05, 3.63) is 35.1 Å². The van der Waals surface area contributed by atoms with E-state index in [4.69, 9.17) is 0 Å². The predicted molar refractivity (Wildman–Crippen MR) is 60.1 cm³/mol. The van der Waals surface area contributed by atoms with Crippen molar-refractivity contribution in [3.8, 4) is 10.6 Å². The van der Waals surface area contributed by atoms with Crippen molar-refractivity contribution in [2.75, 3.05) is 0 Å². The van der Waals surface area contributed by atoms with Gasteiger partial charge in [-0.15, -0.1) is 11.3 Å². The number of hydrogen-bond acceptors (Lipinski definition) is 4. The molecule has 0 fully saturated rings. The fourth-order valence-corrected chi connectivity index (χ4v) is 2.29. The van der Waals surface area contributed by atoms with Crippen LogP contribution in [0.15, 0.2) is 24.5 Å². The molecule has 0 N–H and O–H groups in total. The molecular weight excluding hydrogens is 208 g/mol. The maximum absolute atomic E-state index is 11.2. The van der Waals surface area contributed by atoms with Crippen molar-refractivity contribution in [1.82, 2.24) is 9.97 Å². The maximum Gasteiger partial charge on any atom is 0.179 e. The minimum Gasteiger partial charge on any atom is -0.293 e. The van der Waals surface area contributed by atoms with E-state index in [1.807, 2.05) is 19.1 Å². The molecule has 0 unspecified atom stereocenters. The second-order valence-electron chi connectivity index (χ2n) is 3.22. The molecule has 0 aliphatic heterocycles. The normalized spacial score (nSPS) is 10.3. The lowest BCUT2D eigenvalue weighted by Crippen LogP contribution is -1.94. The number of aromatic nitrogens is 2. The Labute approximate surface area is 91.8 Å². The van der Waals surface area contributed by atoms with Crippen LogP contribution in [0.25, 0.3) is 10.6 Å². The third-order valence-corrected chi connectivity index (χ3v) is 3.06. The first-order chi connectivity index (χ1) is 7.18. The van der Waals surface area contributed by atoms with Crippen molar-refractivity contribution in [2.45, 2.75) is 13.8 Å². The van der Waals surface area contributed by atoms with E-state index in [0.29, 0.717) is 5.69 Å². The highest BCUT2D eigenvalue weighted by Gasteiger charge is 2.12. The van der Waals surface area contributed by atoms with Crippen molar-refractivity contribution in [2.24, 2.45) is 0 Å². The van der Waals surface area contributed by atoms with Crippen molar-refractivity contribution < 1.29 is 4.79 Å². The highest BCUT2D eigenvalue weighted by atomic mass is 32.1. The third-order valence-electron chi connectivity index (χ3n) is 2.04. The van der Waals surface area contributed by atoms with Gasteiger partial charge in [0.2, 0.25) is 0 Å². The number of carbonyl (C=O) groups excluding carboxylic acids is 1. The highest BCUT2D eigenvalue weighted by molar-refractivity contribution is 7.15. The molecule has 0 radical (unpaired) electrons. The highest BCUT2D eigenvalue weighted by Crippen LogP contribution is 2.26. The van der Waals surface area contributed by atoms with Crippen LogP contribution in [-0.4, -0.2) is 15.8 Å². The summed E-state index contributed by atoms with van der Waals surface area (Å²) in [4.78, 5) is 20.5. The Morgan fingerprint density at radius 1 is 1.47 bits per heavy atom. The van der Waals surface area contributed by atoms with Crippen LogP contribution in [0.2, 0.25) is 0 Å². The summed E-state index contributed by atoms with van der Waals surface area (Å²) < 4.78 is 0. The molecule has 2 aromatic heterocycles. The Balaban J connectivity index is 2.48. The first kappa shape index (κ1) is 9.98. The minimum absolute atomic E-state index is 0.0129. The van der Waals surface area contributed by atoms with Crippen LogP contribution < -0.4 is 0 Å². The van der Waals surface area contributed by atoms with Gasteiger partial charge in [0.1, 0.15) is 10.7 Å². The molecule has 2 heterocycles. The number of nitrogens with zero attached hydrogens (tertiary/aromatic N) is 2. The van der Waals surface area contributed by atoms with E-state index in [1.165, 1.54) is 18.3 Å². The first-order valence-corrected chi connectivity index (χ1v) is 5.39. The summed E-state index contributed by atoms with van der Waals surface area (Å²) in [5.41, 5.74) is 1.52. The summed E-state index contributed by atoms with van der Waals surface area (Å²) in [5.74, 6) is 0.0129. The number of hydrogen-bond donors (Lipinski definition) is 0. The van der Waals surface area contributed by atoms with Gasteiger partial charge in [-0.05, 0) is 19.1 Å². The van der Waals surface area contributed by atoms with Crippen molar-refractivity contribution >= 4 is 17.1 Å². The molecule has 0 saturated heterocycles. The Morgan fingerprint density at radius 2 is 2.27 bits per heavy atom. The van der Waals surface area contributed by atoms with Gasteiger partial charge in [-0.1, -0.05) is 0 Å². The maximum atomic E-state index is 11.2. The van der Waals surface area contributed by atoms with E-state index in [0.717, 1.165) is 15.4 Å². The fourth-order valence-electron chi connectivity index (χ4n) is 1.34. The number of ketones is 1. The summed E-state index contributed by atoms with van der Waals surface area (Å²) in [6.45, 7) is 3.45. The zero-order valence-electron chi connectivity index (χ0n) is 8.52. The Hall–Kier alpha value is -1.55. The third kappa shape index (κ3) is 1.94. The summed E-state index contributed by atoms with van der Waals surface area (Å²) >= 11 is 1.52. The van der Waals surface area contributed by atoms with E-state index in [1.54, 1.807) is 12.4 Å². The van der Waals surface area contributed by atoms with Crippen LogP contribution in [-0.2, 0) is 0 Å². The zero-order chi connectivity index (χ0) is 10.8. The molecular formula is C11H10N2OS. The monoisotopic (exact) mass is 218 g/mol. The number of rotatable bonds is 2. The van der Waals surface area contributed by atoms with Crippen LogP contribution in [0.3, 0.4) is 0 Å². The summed E-state index contributed by atoms with van der Waals surface area (Å²) in [5, 5.41) is 0.853. The molecule has 3 nitrogen and oxygen atoms in total. The van der Waals surface area contributed by atoms with Crippen LogP contribution in [0, 0.1) is 6.92 Å². The van der Waals surface area contributed by atoms with Gasteiger partial charge in [-0.3, -0.25) is 9.78 Å². The molecule has 0 saturated carbocycles. The van der Waals surface area contributed by atoms with Gasteiger partial charge < -0.3 is 0 Å². The Morgan fingerprint density at radius 3 is 2.80 bits per heavy atom. The number of aryl methyl sites for hydroxylation is 1. The second-order valence-corrected chi connectivity index (χ2v) is 4.42. The molecule has 4 heteroatoms. The lowest BCUT2D eigenvalue weighted by atomic mass is 10.3. The molecule has 2 rings (SSSR count). The summed E-state index contributed by atoms with van der Waals surface area (Å²) in [7, 11) is 0. The number of thiazole rings is 1. The second kappa shape index (κ2) is 3.90. The Bertz CT molecular complexity index is 491. The van der Waals surface area contributed by atoms with E-state index in [2.05, 4.69) is 9.97 Å². The number of pyridine rings is 1. The Kier molecular flexibility index (Phi) is 2.60. The summed E-state index contributed by atoms with van der Waals surface area (Å²) in [6.07, 6.45) is 3.47. The minimum atomic E-state index is 0.0129. The average molecular weight is 218 g/mol. The zero-order valence-corrected chi connectivity index (χ0v) is 9.34. The number of Topliss-reactive ketones (excluding diaryl/α,β-unsaturated/α-hetero) is 1. The number of carbonyl (C=O) groups is 1. The van der Waals surface area contributed by atoms with E-state index in [-0.39, 0.29) is 5.78 Å². The molecule has 76 valence electrons. The lowest BCUT2D eigenvalue weighted by Gasteiger charge is -1.92. The standard InChI is InChI=1S/C11H10N2OS/c1-7(14)10-8(2)15-11(13-10)9-4-3-5-12-6-9/h3-6H,1-2H3. The van der Waals surface area contributed by atoms with Crippen LogP contribution >= 0.6 is 11.3 Å². The van der Waals surface area contributed by atoms with Crippen molar-refractivity contribution in [1.29, 1.82) is 0 Å². The lowest BCUT2D eigenvalue weighted by molar-refractivity contribution is 0.101. The molecule has 15 heavy (non-hydrogen) atoms. The van der Waals surface area contributed by atoms with Gasteiger partial charge >= 0.3 is 0 Å². The fraction of sp³-hybridized carbons (Fsp3) is 0.182. The summed E-state index contributed by atoms with van der Waals surface area (Å²) in [6, 6.07) is 3.80. The van der Waals surface area contributed by atoms with E-state index >= 15 is 0 Å². The van der Waals surface area contributed by atoms with Gasteiger partial charge in [-0.25, -0.2) is 4.98 Å². The largest absolute Gasteiger partial charge is 0.293 e. The topological polar surface area (TPSA) is 42.9 Å². The molecule has 0 aliphatic carbocycles. The molecule has 0 atom stereocenters. The molecule has 0 aromatic carbocycles.